The maximum Gasteiger partial charge on any atom is 0.152 e. The van der Waals surface area contributed by atoms with Crippen molar-refractivity contribution in [2.24, 2.45) is 5.92 Å². The minimum Gasteiger partial charge on any atom is -0.312 e. The highest BCUT2D eigenvalue weighted by Gasteiger charge is 2.31. The van der Waals surface area contributed by atoms with Gasteiger partial charge < -0.3 is 5.32 Å². The molecule has 114 valence electrons. The van der Waals surface area contributed by atoms with Crippen LogP contribution in [0.2, 0.25) is 0 Å². The molecule has 20 heavy (non-hydrogen) atoms. The molecule has 0 spiro atoms. The van der Waals surface area contributed by atoms with Gasteiger partial charge in [0.15, 0.2) is 9.84 Å². The molecule has 5 nitrogen and oxygen atoms in total. The third-order valence-corrected chi connectivity index (χ3v) is 5.63. The second kappa shape index (κ2) is 5.85. The van der Waals surface area contributed by atoms with Gasteiger partial charge in [0, 0.05) is 17.8 Å². The Hall–Kier alpha value is -0.880. The van der Waals surface area contributed by atoms with Gasteiger partial charge in [-0.2, -0.15) is 5.10 Å². The molecule has 6 heteroatoms. The third kappa shape index (κ3) is 3.41. The quantitative estimate of drug-likeness (QED) is 0.897. The predicted molar refractivity (Wildman–Crippen MR) is 80.6 cm³/mol. The van der Waals surface area contributed by atoms with Crippen molar-refractivity contribution in [3.8, 4) is 0 Å². The number of nitrogens with zero attached hydrogens (tertiary/aromatic N) is 2. The summed E-state index contributed by atoms with van der Waals surface area (Å²) in [6, 6.07) is 0.0116. The van der Waals surface area contributed by atoms with Crippen molar-refractivity contribution in [2.45, 2.75) is 46.7 Å². The van der Waals surface area contributed by atoms with Crippen LogP contribution in [0.5, 0.6) is 0 Å². The number of hydrogen-bond acceptors (Lipinski definition) is 4. The molecule has 1 unspecified atom stereocenters. The smallest absolute Gasteiger partial charge is 0.152 e. The van der Waals surface area contributed by atoms with E-state index >= 15 is 0 Å². The molecule has 1 fully saturated rings. The average Bonchev–Trinajstić information content (AvgIpc) is 2.82. The van der Waals surface area contributed by atoms with Crippen molar-refractivity contribution in [3.63, 3.8) is 0 Å². The number of aromatic nitrogens is 2. The first-order valence-electron chi connectivity index (χ1n) is 7.26. The number of sulfone groups is 1. The van der Waals surface area contributed by atoms with Gasteiger partial charge in [0.1, 0.15) is 0 Å². The molecule has 0 radical (unpaired) electrons. The molecule has 1 aliphatic heterocycles. The van der Waals surface area contributed by atoms with Gasteiger partial charge in [-0.15, -0.1) is 0 Å². The molecule has 2 rings (SSSR count). The summed E-state index contributed by atoms with van der Waals surface area (Å²) in [5.74, 6) is 1.13. The maximum atomic E-state index is 11.6. The summed E-state index contributed by atoms with van der Waals surface area (Å²) in [6.45, 7) is 10.2. The lowest BCUT2D eigenvalue weighted by Crippen LogP contribution is -2.20. The van der Waals surface area contributed by atoms with Crippen molar-refractivity contribution >= 4 is 9.84 Å². The number of nitrogens with one attached hydrogen (secondary N) is 1. The largest absolute Gasteiger partial charge is 0.312 e. The summed E-state index contributed by atoms with van der Waals surface area (Å²) in [5.41, 5.74) is 3.30. The van der Waals surface area contributed by atoms with Crippen molar-refractivity contribution in [1.29, 1.82) is 0 Å². The van der Waals surface area contributed by atoms with E-state index in [2.05, 4.69) is 24.3 Å². The fraction of sp³-hybridized carbons (Fsp3) is 0.786. The van der Waals surface area contributed by atoms with E-state index in [0.29, 0.717) is 12.3 Å². The Morgan fingerprint density at radius 1 is 1.40 bits per heavy atom. The Balaban J connectivity index is 2.13. The van der Waals surface area contributed by atoms with Gasteiger partial charge in [-0.1, -0.05) is 13.8 Å². The van der Waals surface area contributed by atoms with Crippen molar-refractivity contribution in [1.82, 2.24) is 15.1 Å². The highest BCUT2D eigenvalue weighted by atomic mass is 32.2. The highest BCUT2D eigenvalue weighted by molar-refractivity contribution is 7.91. The van der Waals surface area contributed by atoms with E-state index in [9.17, 15) is 8.42 Å². The van der Waals surface area contributed by atoms with Crippen molar-refractivity contribution in [3.05, 3.63) is 17.0 Å². The summed E-state index contributed by atoms with van der Waals surface area (Å²) in [6.07, 6.45) is 0.684. The van der Waals surface area contributed by atoms with E-state index in [4.69, 9.17) is 0 Å². The van der Waals surface area contributed by atoms with Gasteiger partial charge in [-0.25, -0.2) is 8.42 Å². The van der Waals surface area contributed by atoms with Crippen LogP contribution in [0.15, 0.2) is 0 Å². The summed E-state index contributed by atoms with van der Waals surface area (Å²) in [4.78, 5) is 0. The Bertz CT molecular complexity index is 575. The van der Waals surface area contributed by atoms with E-state index in [1.807, 2.05) is 18.5 Å². The van der Waals surface area contributed by atoms with Gasteiger partial charge in [-0.05, 0) is 32.7 Å². The van der Waals surface area contributed by atoms with Gasteiger partial charge in [0.2, 0.25) is 0 Å². The topological polar surface area (TPSA) is 64.0 Å². The molecule has 0 amide bonds. The zero-order valence-corrected chi connectivity index (χ0v) is 13.6. The lowest BCUT2D eigenvalue weighted by atomic mass is 10.1. The van der Waals surface area contributed by atoms with Gasteiger partial charge in [0.05, 0.1) is 23.2 Å². The van der Waals surface area contributed by atoms with Crippen LogP contribution < -0.4 is 5.32 Å². The SMILES string of the molecule is Cc1nn(C2CCS(=O)(=O)C2)c(C)c1CNCC(C)C. The van der Waals surface area contributed by atoms with Crippen LogP contribution in [-0.4, -0.2) is 36.2 Å². The lowest BCUT2D eigenvalue weighted by molar-refractivity contribution is 0.484. The van der Waals surface area contributed by atoms with Crippen LogP contribution in [-0.2, 0) is 16.4 Å². The molecule has 1 aromatic rings. The van der Waals surface area contributed by atoms with E-state index in [1.165, 1.54) is 5.56 Å². The molecular formula is C14H25N3O2S. The monoisotopic (exact) mass is 299 g/mol. The van der Waals surface area contributed by atoms with Crippen molar-refractivity contribution < 1.29 is 8.42 Å². The molecule has 1 aliphatic rings. The first kappa shape index (κ1) is 15.5. The van der Waals surface area contributed by atoms with Crippen LogP contribution in [0.1, 0.15) is 43.3 Å². The molecule has 0 aliphatic carbocycles. The lowest BCUT2D eigenvalue weighted by Gasteiger charge is -2.12. The maximum absolute atomic E-state index is 11.6. The van der Waals surface area contributed by atoms with Gasteiger partial charge in [-0.3, -0.25) is 4.68 Å². The molecule has 1 saturated heterocycles. The van der Waals surface area contributed by atoms with E-state index < -0.39 is 9.84 Å². The summed E-state index contributed by atoms with van der Waals surface area (Å²) in [7, 11) is -2.87. The standard InChI is InChI=1S/C14H25N3O2S/c1-10(2)7-15-8-14-11(3)16-17(12(14)4)13-5-6-20(18,19)9-13/h10,13,15H,5-9H2,1-4H3. The Labute approximate surface area is 121 Å². The minimum atomic E-state index is -2.87. The normalized spacial score (nSPS) is 21.8. The molecule has 1 atom stereocenters. The van der Waals surface area contributed by atoms with Gasteiger partial charge in [0.25, 0.3) is 0 Å². The zero-order chi connectivity index (χ0) is 14.9. The van der Waals surface area contributed by atoms with Crippen LogP contribution in [0.4, 0.5) is 0 Å². The number of hydrogen-bond donors (Lipinski definition) is 1. The Morgan fingerprint density at radius 2 is 2.10 bits per heavy atom. The fourth-order valence-electron chi connectivity index (χ4n) is 2.76. The molecule has 1 aromatic heterocycles. The summed E-state index contributed by atoms with van der Waals surface area (Å²) in [5, 5.41) is 8.00. The second-order valence-corrected chi connectivity index (χ2v) is 8.40. The number of aryl methyl sites for hydroxylation is 1. The second-order valence-electron chi connectivity index (χ2n) is 6.18. The summed E-state index contributed by atoms with van der Waals surface area (Å²) < 4.78 is 25.1. The minimum absolute atomic E-state index is 0.0116. The predicted octanol–water partition coefficient (Wildman–Crippen LogP) is 1.61. The third-order valence-electron chi connectivity index (χ3n) is 3.88. The van der Waals surface area contributed by atoms with Crippen LogP contribution in [0, 0.1) is 19.8 Å². The fourth-order valence-corrected chi connectivity index (χ4v) is 4.45. The molecule has 1 N–H and O–H groups in total. The van der Waals surface area contributed by atoms with Crippen LogP contribution in [0.25, 0.3) is 0 Å². The van der Waals surface area contributed by atoms with Crippen LogP contribution in [0.3, 0.4) is 0 Å². The molecule has 0 bridgehead atoms. The van der Waals surface area contributed by atoms with Gasteiger partial charge >= 0.3 is 0 Å². The Morgan fingerprint density at radius 3 is 2.65 bits per heavy atom. The van der Waals surface area contributed by atoms with E-state index in [-0.39, 0.29) is 17.5 Å². The van der Waals surface area contributed by atoms with E-state index in [0.717, 1.165) is 24.5 Å². The highest BCUT2D eigenvalue weighted by Crippen LogP contribution is 2.26. The molecule has 0 aromatic carbocycles. The van der Waals surface area contributed by atoms with E-state index in [1.54, 1.807) is 0 Å². The zero-order valence-electron chi connectivity index (χ0n) is 12.8. The molecule has 2 heterocycles. The van der Waals surface area contributed by atoms with Crippen molar-refractivity contribution in [2.75, 3.05) is 18.1 Å². The average molecular weight is 299 g/mol. The molecular weight excluding hydrogens is 274 g/mol. The number of rotatable bonds is 5. The Kier molecular flexibility index (Phi) is 4.54. The molecule has 0 saturated carbocycles. The van der Waals surface area contributed by atoms with Crippen LogP contribution >= 0.6 is 0 Å². The first-order valence-corrected chi connectivity index (χ1v) is 9.08. The first-order chi connectivity index (χ1) is 9.30. The summed E-state index contributed by atoms with van der Waals surface area (Å²) >= 11 is 0.